The normalized spacial score (nSPS) is 40.1. The number of fused-ring (bicyclic) bond motifs is 2. The molecule has 3 nitrogen and oxygen atoms in total. The number of nitrogens with one attached hydrogen (secondary N) is 1. The molecule has 3 atom stereocenters. The molecule has 78 valence electrons. The smallest absolute Gasteiger partial charge is 0.219 e. The minimum Gasteiger partial charge on any atom is -0.468 e. The second kappa shape index (κ2) is 2.47. The van der Waals surface area contributed by atoms with Crippen LogP contribution in [0, 0.1) is 0 Å². The fourth-order valence-corrected chi connectivity index (χ4v) is 3.36. The highest BCUT2D eigenvalue weighted by atomic mass is 35.5. The van der Waals surface area contributed by atoms with Crippen molar-refractivity contribution in [2.75, 3.05) is 6.54 Å². The molecule has 2 aliphatic heterocycles. The molecule has 0 amide bonds. The number of pyridine rings is 1. The van der Waals surface area contributed by atoms with E-state index in [0.717, 1.165) is 18.8 Å². The van der Waals surface area contributed by atoms with Crippen LogP contribution in [-0.2, 0) is 0 Å². The number of aromatic nitrogens is 1. The lowest BCUT2D eigenvalue weighted by molar-refractivity contribution is -0.0116. The molecule has 15 heavy (non-hydrogen) atoms. The van der Waals surface area contributed by atoms with Gasteiger partial charge in [-0.2, -0.15) is 0 Å². The predicted octanol–water partition coefficient (Wildman–Crippen LogP) is 1.72. The Kier molecular flexibility index (Phi) is 1.38. The Bertz CT molecular complexity index is 450. The maximum Gasteiger partial charge on any atom is 0.219 e. The summed E-state index contributed by atoms with van der Waals surface area (Å²) in [5.74, 6) is 1.25. The summed E-state index contributed by atoms with van der Waals surface area (Å²) in [6.45, 7) is 1.01. The van der Waals surface area contributed by atoms with Gasteiger partial charge < -0.3 is 10.1 Å². The highest BCUT2D eigenvalue weighted by Gasteiger charge is 2.63. The molecule has 3 aliphatic rings. The van der Waals surface area contributed by atoms with Gasteiger partial charge in [0.25, 0.3) is 0 Å². The van der Waals surface area contributed by atoms with Gasteiger partial charge >= 0.3 is 0 Å². The first-order chi connectivity index (χ1) is 7.29. The van der Waals surface area contributed by atoms with Crippen molar-refractivity contribution in [2.45, 2.75) is 30.4 Å². The van der Waals surface area contributed by atoms with E-state index in [0.29, 0.717) is 17.1 Å². The summed E-state index contributed by atoms with van der Waals surface area (Å²) in [7, 11) is 0. The third-order valence-electron chi connectivity index (χ3n) is 4.09. The zero-order valence-electron chi connectivity index (χ0n) is 8.16. The van der Waals surface area contributed by atoms with Gasteiger partial charge in [0, 0.05) is 24.1 Å². The number of halogens is 1. The van der Waals surface area contributed by atoms with Gasteiger partial charge in [0.05, 0.1) is 0 Å². The molecule has 0 aromatic carbocycles. The average molecular weight is 223 g/mol. The second-order valence-electron chi connectivity index (χ2n) is 4.64. The fraction of sp³-hybridized carbons (Fsp3) is 0.545. The van der Waals surface area contributed by atoms with Crippen molar-refractivity contribution in [3.8, 4) is 5.88 Å². The van der Waals surface area contributed by atoms with Crippen LogP contribution in [0.4, 0.5) is 0 Å². The summed E-state index contributed by atoms with van der Waals surface area (Å²) >= 11 is 5.87. The van der Waals surface area contributed by atoms with Gasteiger partial charge in [-0.1, -0.05) is 17.7 Å². The van der Waals surface area contributed by atoms with Crippen molar-refractivity contribution >= 4 is 11.6 Å². The molecule has 1 saturated carbocycles. The molecule has 1 saturated heterocycles. The fourth-order valence-electron chi connectivity index (χ4n) is 3.22. The van der Waals surface area contributed by atoms with Gasteiger partial charge in [-0.3, -0.25) is 0 Å². The van der Waals surface area contributed by atoms with E-state index in [2.05, 4.69) is 16.4 Å². The van der Waals surface area contributed by atoms with Crippen molar-refractivity contribution in [1.29, 1.82) is 0 Å². The summed E-state index contributed by atoms with van der Waals surface area (Å²) in [6, 6.07) is 4.44. The highest BCUT2D eigenvalue weighted by molar-refractivity contribution is 6.29. The van der Waals surface area contributed by atoms with Crippen molar-refractivity contribution in [3.63, 3.8) is 0 Å². The molecule has 3 heterocycles. The topological polar surface area (TPSA) is 34.1 Å². The van der Waals surface area contributed by atoms with Gasteiger partial charge in [0.2, 0.25) is 5.88 Å². The Morgan fingerprint density at radius 3 is 3.27 bits per heavy atom. The number of nitrogens with zero attached hydrogens (tertiary/aromatic N) is 1. The minimum atomic E-state index is 0.0139. The molecule has 1 N–H and O–H groups in total. The molecule has 4 rings (SSSR count). The molecule has 1 spiro atoms. The first-order valence-corrected chi connectivity index (χ1v) is 5.76. The van der Waals surface area contributed by atoms with Gasteiger partial charge in [0.1, 0.15) is 10.8 Å². The zero-order chi connectivity index (χ0) is 10.0. The molecule has 0 unspecified atom stereocenters. The van der Waals surface area contributed by atoms with Crippen LogP contribution in [0.1, 0.15) is 24.3 Å². The quantitative estimate of drug-likeness (QED) is 0.679. The Hall–Kier alpha value is -0.800. The van der Waals surface area contributed by atoms with Crippen LogP contribution in [0.2, 0.25) is 5.15 Å². The van der Waals surface area contributed by atoms with Crippen LogP contribution < -0.4 is 10.1 Å². The van der Waals surface area contributed by atoms with E-state index in [-0.39, 0.29) is 5.60 Å². The zero-order valence-corrected chi connectivity index (χ0v) is 8.92. The summed E-state index contributed by atoms with van der Waals surface area (Å²) in [5, 5.41) is 4.04. The summed E-state index contributed by atoms with van der Waals surface area (Å²) < 4.78 is 6.04. The molecule has 4 heteroatoms. The number of ether oxygens (including phenoxy) is 1. The third kappa shape index (κ3) is 0.848. The first kappa shape index (κ1) is 8.36. The maximum absolute atomic E-state index is 6.04. The van der Waals surface area contributed by atoms with Crippen molar-refractivity contribution in [1.82, 2.24) is 10.3 Å². The first-order valence-electron chi connectivity index (χ1n) is 5.38. The Balaban J connectivity index is 1.87. The van der Waals surface area contributed by atoms with Crippen LogP contribution in [0.15, 0.2) is 12.1 Å². The lowest BCUT2D eigenvalue weighted by atomic mass is 9.70. The van der Waals surface area contributed by atoms with E-state index in [1.165, 1.54) is 12.0 Å². The van der Waals surface area contributed by atoms with Crippen LogP contribution in [0.5, 0.6) is 5.88 Å². The van der Waals surface area contributed by atoms with E-state index in [9.17, 15) is 0 Å². The number of rotatable bonds is 0. The maximum atomic E-state index is 6.04. The summed E-state index contributed by atoms with van der Waals surface area (Å²) in [6.07, 6.45) is 2.36. The summed E-state index contributed by atoms with van der Waals surface area (Å²) in [4.78, 5) is 4.27. The second-order valence-corrected chi connectivity index (χ2v) is 5.02. The van der Waals surface area contributed by atoms with Gasteiger partial charge in [-0.15, -0.1) is 0 Å². The summed E-state index contributed by atoms with van der Waals surface area (Å²) in [5.41, 5.74) is 1.24. The molecular formula is C11H11ClN2O. The van der Waals surface area contributed by atoms with Gasteiger partial charge in [-0.05, 0) is 18.9 Å². The monoisotopic (exact) mass is 222 g/mol. The average Bonchev–Trinajstić information content (AvgIpc) is 2.63. The third-order valence-corrected chi connectivity index (χ3v) is 4.30. The molecule has 1 aliphatic carbocycles. The Morgan fingerprint density at radius 1 is 1.53 bits per heavy atom. The molecular weight excluding hydrogens is 212 g/mol. The number of hydrogen-bond donors (Lipinski definition) is 1. The van der Waals surface area contributed by atoms with E-state index in [1.807, 2.05) is 6.07 Å². The highest BCUT2D eigenvalue weighted by Crippen LogP contribution is 2.56. The van der Waals surface area contributed by atoms with E-state index in [1.54, 1.807) is 0 Å². The Morgan fingerprint density at radius 2 is 2.47 bits per heavy atom. The van der Waals surface area contributed by atoms with Gasteiger partial charge in [0.15, 0.2) is 0 Å². The van der Waals surface area contributed by atoms with Crippen LogP contribution in [0.25, 0.3) is 0 Å². The largest absolute Gasteiger partial charge is 0.468 e. The molecule has 1 aromatic heterocycles. The van der Waals surface area contributed by atoms with Crippen LogP contribution >= 0.6 is 11.6 Å². The molecule has 0 bridgehead atoms. The van der Waals surface area contributed by atoms with Crippen molar-refractivity contribution < 1.29 is 4.74 Å². The predicted molar refractivity (Wildman–Crippen MR) is 56.4 cm³/mol. The van der Waals surface area contributed by atoms with Crippen molar-refractivity contribution in [3.05, 3.63) is 22.8 Å². The lowest BCUT2D eigenvalue weighted by Gasteiger charge is -2.43. The van der Waals surface area contributed by atoms with Gasteiger partial charge in [-0.25, -0.2) is 4.98 Å². The standard InChI is InChI=1S/C11H11ClN2O/c12-9-2-1-6-7-5-13-8-3-4-11(7,8)15-10(6)14-9/h1-2,7-8,13H,3-5H2/t7-,8-,11+/m0/s1. The van der Waals surface area contributed by atoms with Crippen LogP contribution in [0.3, 0.4) is 0 Å². The molecule has 0 radical (unpaired) electrons. The Labute approximate surface area is 92.8 Å². The SMILES string of the molecule is Clc1ccc2c(n1)O[C@@]13CC[C@@H]1NC[C@@H]23. The minimum absolute atomic E-state index is 0.0139. The van der Waals surface area contributed by atoms with Crippen molar-refractivity contribution in [2.24, 2.45) is 0 Å². The van der Waals surface area contributed by atoms with E-state index in [4.69, 9.17) is 16.3 Å². The van der Waals surface area contributed by atoms with Crippen LogP contribution in [-0.4, -0.2) is 23.2 Å². The van der Waals surface area contributed by atoms with E-state index < -0.39 is 0 Å². The number of hydrogen-bond acceptors (Lipinski definition) is 3. The lowest BCUT2D eigenvalue weighted by Crippen LogP contribution is -2.56. The van der Waals surface area contributed by atoms with E-state index >= 15 is 0 Å². The molecule has 2 fully saturated rings. The molecule has 1 aromatic rings.